The first kappa shape index (κ1) is 26.8. The summed E-state index contributed by atoms with van der Waals surface area (Å²) >= 11 is 0. The number of para-hydroxylation sites is 1. The molecule has 1 atom stereocenters. The molecule has 0 saturated carbocycles. The van der Waals surface area contributed by atoms with Crippen LogP contribution in [0.25, 0.3) is 0 Å². The lowest BCUT2D eigenvalue weighted by atomic mass is 9.65. The number of Topliss-reactive ketones (excluding diaryl/α,β-unsaturated/α-hetero) is 1. The number of carbonyl (C=O) groups excluding carboxylic acids is 1. The van der Waals surface area contributed by atoms with Crippen molar-refractivity contribution < 1.29 is 26.4 Å². The highest BCUT2D eigenvalue weighted by Crippen LogP contribution is 2.48. The smallest absolute Gasteiger partial charge is 0.186 e. The Bertz CT molecular complexity index is 979. The van der Waals surface area contributed by atoms with E-state index in [1.807, 2.05) is 6.07 Å². The van der Waals surface area contributed by atoms with Crippen molar-refractivity contribution >= 4 is 25.5 Å². The van der Waals surface area contributed by atoms with Crippen LogP contribution in [0.3, 0.4) is 0 Å². The zero-order valence-corrected chi connectivity index (χ0v) is 21.5. The van der Waals surface area contributed by atoms with Gasteiger partial charge >= 0.3 is 0 Å². The first-order valence-electron chi connectivity index (χ1n) is 11.2. The second kappa shape index (κ2) is 10.2. The number of hydrogen-bond acceptors (Lipinski definition) is 7. The number of nitrogens with zero attached hydrogens (tertiary/aromatic N) is 1. The first-order valence-corrected chi connectivity index (χ1v) is 15.3. The summed E-state index contributed by atoms with van der Waals surface area (Å²) in [6.07, 6.45) is 3.54. The van der Waals surface area contributed by atoms with E-state index in [4.69, 9.17) is 4.74 Å². The Morgan fingerprint density at radius 1 is 0.906 bits per heavy atom. The minimum Gasteiger partial charge on any atom is -0.479 e. The third-order valence-electron chi connectivity index (χ3n) is 6.47. The first-order chi connectivity index (χ1) is 14.8. The Hall–Kier alpha value is -1.45. The van der Waals surface area contributed by atoms with E-state index in [9.17, 15) is 21.6 Å². The number of hydrogen-bond donors (Lipinski definition) is 0. The van der Waals surface area contributed by atoms with E-state index < -0.39 is 30.7 Å². The molecule has 0 amide bonds. The molecular formula is C23H37NO6S2. The average Bonchev–Trinajstić information content (AvgIpc) is 2.70. The van der Waals surface area contributed by atoms with Crippen LogP contribution in [-0.4, -0.2) is 76.8 Å². The second-order valence-electron chi connectivity index (χ2n) is 9.13. The highest BCUT2D eigenvalue weighted by Gasteiger charge is 2.55. The maximum atomic E-state index is 14.1. The third kappa shape index (κ3) is 6.54. The van der Waals surface area contributed by atoms with Gasteiger partial charge in [-0.2, -0.15) is 0 Å². The van der Waals surface area contributed by atoms with Crippen LogP contribution in [-0.2, 0) is 29.9 Å². The van der Waals surface area contributed by atoms with Gasteiger partial charge in [-0.05, 0) is 58.3 Å². The molecule has 0 fully saturated rings. The molecule has 1 aromatic rings. The highest BCUT2D eigenvalue weighted by molar-refractivity contribution is 7.90. The number of benzene rings is 1. The van der Waals surface area contributed by atoms with Crippen molar-refractivity contribution in [1.82, 2.24) is 4.90 Å². The van der Waals surface area contributed by atoms with Crippen LogP contribution in [0, 0.1) is 0 Å². The van der Waals surface area contributed by atoms with Crippen molar-refractivity contribution in [2.24, 2.45) is 0 Å². The highest BCUT2D eigenvalue weighted by atomic mass is 32.2. The molecule has 0 saturated heterocycles. The molecule has 9 heteroatoms. The van der Waals surface area contributed by atoms with Gasteiger partial charge in [-0.15, -0.1) is 0 Å². The van der Waals surface area contributed by atoms with Gasteiger partial charge in [0.05, 0.1) is 16.9 Å². The molecule has 1 aliphatic heterocycles. The van der Waals surface area contributed by atoms with Gasteiger partial charge in [0, 0.05) is 18.1 Å². The molecule has 0 aromatic heterocycles. The van der Waals surface area contributed by atoms with Crippen molar-refractivity contribution in [2.75, 3.05) is 43.7 Å². The number of fused-ring (bicyclic) bond motifs is 1. The molecule has 0 aliphatic carbocycles. The molecule has 0 spiro atoms. The molecule has 1 unspecified atom stereocenters. The lowest BCUT2D eigenvalue weighted by Crippen LogP contribution is -2.57. The number of ether oxygens (including phenoxy) is 1. The lowest BCUT2D eigenvalue weighted by molar-refractivity contribution is -0.143. The van der Waals surface area contributed by atoms with Crippen LogP contribution in [0.15, 0.2) is 24.3 Å². The summed E-state index contributed by atoms with van der Waals surface area (Å²) in [5.74, 6) is -0.103. The molecule has 1 aromatic carbocycles. The molecule has 7 nitrogen and oxygen atoms in total. The minimum atomic E-state index is -3.36. The number of rotatable bonds is 12. The summed E-state index contributed by atoms with van der Waals surface area (Å²) in [5, 5.41) is 0. The summed E-state index contributed by atoms with van der Waals surface area (Å²) in [7, 11) is -6.73. The van der Waals surface area contributed by atoms with Crippen LogP contribution in [0.2, 0.25) is 0 Å². The largest absolute Gasteiger partial charge is 0.479 e. The molecule has 2 rings (SSSR count). The maximum absolute atomic E-state index is 14.1. The van der Waals surface area contributed by atoms with E-state index in [-0.39, 0.29) is 30.1 Å². The van der Waals surface area contributed by atoms with E-state index >= 15 is 0 Å². The van der Waals surface area contributed by atoms with E-state index in [0.717, 1.165) is 38.6 Å². The maximum Gasteiger partial charge on any atom is 0.186 e. The average molecular weight is 488 g/mol. The molecule has 0 N–H and O–H groups in total. The topological polar surface area (TPSA) is 97.8 Å². The Balaban J connectivity index is 2.51. The summed E-state index contributed by atoms with van der Waals surface area (Å²) < 4.78 is 54.4. The van der Waals surface area contributed by atoms with E-state index in [1.165, 1.54) is 0 Å². The van der Waals surface area contributed by atoms with Gasteiger partial charge in [0.1, 0.15) is 25.4 Å². The molecular weight excluding hydrogens is 450 g/mol. The third-order valence-corrected chi connectivity index (χ3v) is 8.37. The van der Waals surface area contributed by atoms with E-state index in [1.54, 1.807) is 25.1 Å². The van der Waals surface area contributed by atoms with Crippen molar-refractivity contribution in [2.45, 2.75) is 57.5 Å². The van der Waals surface area contributed by atoms with Gasteiger partial charge in [-0.1, -0.05) is 32.0 Å². The van der Waals surface area contributed by atoms with Crippen molar-refractivity contribution in [3.05, 3.63) is 29.8 Å². The van der Waals surface area contributed by atoms with E-state index in [2.05, 4.69) is 18.7 Å². The SMILES string of the molecule is CCN(CC)CCCC1(C)Oc2ccccc2C(CCS(C)(=O)=O)(CCS(C)(=O)=O)C1=O. The Labute approximate surface area is 193 Å². The van der Waals surface area contributed by atoms with Crippen molar-refractivity contribution in [3.63, 3.8) is 0 Å². The predicted molar refractivity (Wildman–Crippen MR) is 128 cm³/mol. The number of ketones is 1. The van der Waals surface area contributed by atoms with Gasteiger partial charge < -0.3 is 9.64 Å². The minimum absolute atomic E-state index is 0.0339. The van der Waals surface area contributed by atoms with Gasteiger partial charge in [-0.3, -0.25) is 4.79 Å². The van der Waals surface area contributed by atoms with Gasteiger partial charge in [0.2, 0.25) is 0 Å². The van der Waals surface area contributed by atoms with Crippen LogP contribution >= 0.6 is 0 Å². The fourth-order valence-corrected chi connectivity index (χ4v) is 5.99. The molecule has 0 bridgehead atoms. The summed E-state index contributed by atoms with van der Waals surface area (Å²) in [6, 6.07) is 7.12. The molecule has 182 valence electrons. The van der Waals surface area contributed by atoms with Crippen LogP contribution < -0.4 is 4.74 Å². The summed E-state index contributed by atoms with van der Waals surface area (Å²) in [6.45, 7) is 8.58. The van der Waals surface area contributed by atoms with Crippen molar-refractivity contribution in [3.8, 4) is 5.75 Å². The zero-order valence-electron chi connectivity index (χ0n) is 19.9. The molecule has 1 heterocycles. The van der Waals surface area contributed by atoms with Crippen LogP contribution in [0.5, 0.6) is 5.75 Å². The Morgan fingerprint density at radius 2 is 1.44 bits per heavy atom. The number of sulfone groups is 2. The van der Waals surface area contributed by atoms with E-state index in [0.29, 0.717) is 17.7 Å². The van der Waals surface area contributed by atoms with Crippen molar-refractivity contribution in [1.29, 1.82) is 0 Å². The molecule has 0 radical (unpaired) electrons. The normalized spacial score (nSPS) is 20.8. The summed E-state index contributed by atoms with van der Waals surface area (Å²) in [4.78, 5) is 16.3. The zero-order chi connectivity index (χ0) is 24.2. The quantitative estimate of drug-likeness (QED) is 0.447. The van der Waals surface area contributed by atoms with Crippen LogP contribution in [0.1, 0.15) is 52.0 Å². The fourth-order valence-electron chi connectivity index (χ4n) is 4.55. The molecule has 1 aliphatic rings. The van der Waals surface area contributed by atoms with Gasteiger partial charge in [0.15, 0.2) is 11.4 Å². The summed E-state index contributed by atoms with van der Waals surface area (Å²) in [5.41, 5.74) is -1.81. The second-order valence-corrected chi connectivity index (χ2v) is 13.6. The number of carbonyl (C=O) groups is 1. The Morgan fingerprint density at radius 3 is 1.94 bits per heavy atom. The van der Waals surface area contributed by atoms with Gasteiger partial charge in [-0.25, -0.2) is 16.8 Å². The fraction of sp³-hybridized carbons (Fsp3) is 0.696. The van der Waals surface area contributed by atoms with Gasteiger partial charge in [0.25, 0.3) is 0 Å². The lowest BCUT2D eigenvalue weighted by Gasteiger charge is -2.46. The monoisotopic (exact) mass is 487 g/mol. The Kier molecular flexibility index (Phi) is 8.56. The molecule has 32 heavy (non-hydrogen) atoms. The predicted octanol–water partition coefficient (Wildman–Crippen LogP) is 2.64. The standard InChI is InChI=1S/C23H37NO6S2/c1-6-24(7-2)16-10-13-22(3)21(25)23(14-17-31(4,26)27,15-18-32(5,28)29)19-11-8-9-12-20(19)30-22/h8-9,11-12H,6-7,10,13-18H2,1-5H3. The van der Waals surface area contributed by atoms with Crippen LogP contribution in [0.4, 0.5) is 0 Å².